The molecule has 0 bridgehead atoms. The van der Waals surface area contributed by atoms with Crippen LogP contribution in [0.15, 0.2) is 24.3 Å². The first-order valence-electron chi connectivity index (χ1n) is 8.10. The summed E-state index contributed by atoms with van der Waals surface area (Å²) < 4.78 is 127. The zero-order valence-electron chi connectivity index (χ0n) is 15.1. The molecule has 0 aliphatic carbocycles. The highest BCUT2D eigenvalue weighted by Gasteiger charge is 2.81. The van der Waals surface area contributed by atoms with Gasteiger partial charge in [-0.2, -0.15) is 39.5 Å². The first-order chi connectivity index (χ1) is 12.6. The van der Waals surface area contributed by atoms with E-state index in [2.05, 4.69) is 4.74 Å². The molecule has 0 heterocycles. The molecule has 162 valence electrons. The summed E-state index contributed by atoms with van der Waals surface area (Å²) in [7, 11) is 0.838. The largest absolute Gasteiger partial charge is 0.491 e. The van der Waals surface area contributed by atoms with Crippen molar-refractivity contribution in [1.82, 2.24) is 0 Å². The van der Waals surface area contributed by atoms with Gasteiger partial charge in [-0.1, -0.05) is 19.1 Å². The molecule has 0 radical (unpaired) electrons. The topological polar surface area (TPSA) is 18.5 Å². The number of rotatable bonds is 9. The van der Waals surface area contributed by atoms with Gasteiger partial charge in [0.15, 0.2) is 0 Å². The Balaban J connectivity index is 3.08. The second-order valence-corrected chi connectivity index (χ2v) is 6.19. The molecule has 11 heteroatoms. The van der Waals surface area contributed by atoms with Crippen LogP contribution in [-0.2, 0) is 4.74 Å². The molecule has 0 N–H and O–H groups in total. The highest BCUT2D eigenvalue weighted by atomic mass is 19.4. The van der Waals surface area contributed by atoms with Gasteiger partial charge in [0.25, 0.3) is 0 Å². The van der Waals surface area contributed by atoms with Crippen molar-refractivity contribution < 1.29 is 49.0 Å². The van der Waals surface area contributed by atoms with E-state index in [-0.39, 0.29) is 11.7 Å². The lowest BCUT2D eigenvalue weighted by atomic mass is 9.95. The lowest BCUT2D eigenvalue weighted by molar-refractivity contribution is -0.398. The van der Waals surface area contributed by atoms with Gasteiger partial charge in [-0.3, -0.25) is 0 Å². The molecule has 1 rings (SSSR count). The number of alkyl halides is 9. The summed E-state index contributed by atoms with van der Waals surface area (Å²) in [6, 6.07) is 4.96. The van der Waals surface area contributed by atoms with Crippen LogP contribution in [0.5, 0.6) is 5.75 Å². The lowest BCUT2D eigenvalue weighted by Gasteiger charge is -2.35. The molecule has 0 fully saturated rings. The van der Waals surface area contributed by atoms with E-state index in [9.17, 15) is 39.5 Å². The Kier molecular flexibility index (Phi) is 7.30. The van der Waals surface area contributed by atoms with E-state index in [1.165, 1.54) is 24.3 Å². The quantitative estimate of drug-likeness (QED) is 0.425. The van der Waals surface area contributed by atoms with Crippen LogP contribution in [0.4, 0.5) is 39.5 Å². The average molecular weight is 426 g/mol. The lowest BCUT2D eigenvalue weighted by Crippen LogP contribution is -2.61. The van der Waals surface area contributed by atoms with E-state index in [1.807, 2.05) is 6.92 Å². The predicted molar refractivity (Wildman–Crippen MR) is 82.1 cm³/mol. The number of hydrogen-bond acceptors (Lipinski definition) is 2. The minimum Gasteiger partial charge on any atom is -0.491 e. The maximum Gasteiger partial charge on any atom is 0.460 e. The van der Waals surface area contributed by atoms with Gasteiger partial charge < -0.3 is 9.47 Å². The van der Waals surface area contributed by atoms with Crippen molar-refractivity contribution in [2.45, 2.75) is 62.8 Å². The van der Waals surface area contributed by atoms with Crippen molar-refractivity contribution in [3.63, 3.8) is 0 Å². The van der Waals surface area contributed by atoms with Gasteiger partial charge >= 0.3 is 23.9 Å². The first-order valence-corrected chi connectivity index (χ1v) is 8.10. The van der Waals surface area contributed by atoms with Gasteiger partial charge in [-0.15, -0.1) is 0 Å². The Hall–Kier alpha value is -1.65. The van der Waals surface area contributed by atoms with E-state index in [0.717, 1.165) is 7.11 Å². The Morgan fingerprint density at radius 1 is 0.857 bits per heavy atom. The van der Waals surface area contributed by atoms with Crippen LogP contribution >= 0.6 is 0 Å². The van der Waals surface area contributed by atoms with E-state index >= 15 is 0 Å². The van der Waals surface area contributed by atoms with Gasteiger partial charge in [0, 0.05) is 13.5 Å². The van der Waals surface area contributed by atoms with Gasteiger partial charge in [-0.05, 0) is 31.0 Å². The first kappa shape index (κ1) is 24.4. The highest BCUT2D eigenvalue weighted by molar-refractivity contribution is 5.29. The summed E-state index contributed by atoms with van der Waals surface area (Å²) in [6.45, 7) is 3.61. The molecular weight excluding hydrogens is 407 g/mol. The van der Waals surface area contributed by atoms with Crippen molar-refractivity contribution in [2.75, 3.05) is 7.11 Å². The second kappa shape index (κ2) is 8.38. The van der Waals surface area contributed by atoms with Crippen LogP contribution in [-0.4, -0.2) is 37.2 Å². The molecular formula is C17H19F9O2. The Labute approximate surface area is 155 Å². The monoisotopic (exact) mass is 426 g/mol. The standard InChI is InChI=1S/C17H19F9O2/c1-4-10(2)28-12-7-5-11(6-8-12)13(27-3)9-14(18,19)15(20,21)16(22,23)17(24,25)26/h5-8,10,13H,4,9H2,1-3H3. The maximum atomic E-state index is 13.8. The number of ether oxygens (including phenoxy) is 2. The van der Waals surface area contributed by atoms with Gasteiger partial charge in [0.1, 0.15) is 5.75 Å². The molecule has 0 saturated carbocycles. The van der Waals surface area contributed by atoms with Crippen LogP contribution in [0.25, 0.3) is 0 Å². The van der Waals surface area contributed by atoms with Crippen molar-refractivity contribution in [1.29, 1.82) is 0 Å². The smallest absolute Gasteiger partial charge is 0.460 e. The fraction of sp³-hybridized carbons (Fsp3) is 0.647. The predicted octanol–water partition coefficient (Wildman–Crippen LogP) is 6.41. The summed E-state index contributed by atoms with van der Waals surface area (Å²) in [5.74, 6) is -19.0. The molecule has 0 aliphatic rings. The molecule has 2 nitrogen and oxygen atoms in total. The zero-order valence-corrected chi connectivity index (χ0v) is 15.1. The van der Waals surface area contributed by atoms with E-state index in [4.69, 9.17) is 4.74 Å². The fourth-order valence-corrected chi connectivity index (χ4v) is 2.18. The number of methoxy groups -OCH3 is 1. The molecule has 1 aromatic carbocycles. The van der Waals surface area contributed by atoms with Gasteiger partial charge in [0.2, 0.25) is 0 Å². The zero-order chi connectivity index (χ0) is 22.0. The highest BCUT2D eigenvalue weighted by Crippen LogP contribution is 2.55. The molecule has 2 unspecified atom stereocenters. The van der Waals surface area contributed by atoms with Crippen LogP contribution < -0.4 is 4.74 Å². The third-order valence-corrected chi connectivity index (χ3v) is 4.10. The summed E-state index contributed by atoms with van der Waals surface area (Å²) in [6.07, 6.45) is -10.3. The third-order valence-electron chi connectivity index (χ3n) is 4.10. The minimum atomic E-state index is -6.92. The van der Waals surface area contributed by atoms with Crippen molar-refractivity contribution in [3.05, 3.63) is 29.8 Å². The summed E-state index contributed by atoms with van der Waals surface area (Å²) in [5.41, 5.74) is -0.121. The van der Waals surface area contributed by atoms with E-state index in [1.54, 1.807) is 6.92 Å². The van der Waals surface area contributed by atoms with Crippen LogP contribution in [0.1, 0.15) is 38.4 Å². The van der Waals surface area contributed by atoms with E-state index in [0.29, 0.717) is 12.2 Å². The Morgan fingerprint density at radius 3 is 1.75 bits per heavy atom. The number of halogens is 9. The molecule has 0 amide bonds. The van der Waals surface area contributed by atoms with Gasteiger partial charge in [-0.25, -0.2) is 0 Å². The average Bonchev–Trinajstić information content (AvgIpc) is 2.59. The molecule has 0 spiro atoms. The van der Waals surface area contributed by atoms with Crippen LogP contribution in [0, 0.1) is 0 Å². The minimum absolute atomic E-state index is 0.121. The van der Waals surface area contributed by atoms with Crippen molar-refractivity contribution in [2.24, 2.45) is 0 Å². The Bertz CT molecular complexity index is 627. The maximum absolute atomic E-state index is 13.8. The molecule has 0 aliphatic heterocycles. The summed E-state index contributed by atoms with van der Waals surface area (Å²) in [4.78, 5) is 0. The van der Waals surface area contributed by atoms with Crippen molar-refractivity contribution in [3.8, 4) is 5.75 Å². The number of hydrogen-bond donors (Lipinski definition) is 0. The van der Waals surface area contributed by atoms with Crippen LogP contribution in [0.3, 0.4) is 0 Å². The molecule has 0 aromatic heterocycles. The van der Waals surface area contributed by atoms with Crippen LogP contribution in [0.2, 0.25) is 0 Å². The fourth-order valence-electron chi connectivity index (χ4n) is 2.18. The molecule has 28 heavy (non-hydrogen) atoms. The summed E-state index contributed by atoms with van der Waals surface area (Å²) in [5, 5.41) is 0. The van der Waals surface area contributed by atoms with Gasteiger partial charge in [0.05, 0.1) is 12.2 Å². The van der Waals surface area contributed by atoms with E-state index < -0.39 is 36.5 Å². The molecule has 2 atom stereocenters. The number of benzene rings is 1. The second-order valence-electron chi connectivity index (χ2n) is 6.19. The normalized spacial score (nSPS) is 16.0. The summed E-state index contributed by atoms with van der Waals surface area (Å²) >= 11 is 0. The van der Waals surface area contributed by atoms with Crippen molar-refractivity contribution >= 4 is 0 Å². The SMILES string of the molecule is CCC(C)Oc1ccc(C(CC(F)(F)C(F)(F)C(F)(F)C(F)(F)F)OC)cc1. The third kappa shape index (κ3) is 4.84. The Morgan fingerprint density at radius 2 is 1.36 bits per heavy atom. The molecule has 0 saturated heterocycles. The molecule has 1 aromatic rings.